The van der Waals surface area contributed by atoms with Crippen LogP contribution in [0.1, 0.15) is 52.9 Å². The van der Waals surface area contributed by atoms with Gasteiger partial charge in [-0.3, -0.25) is 14.4 Å². The summed E-state index contributed by atoms with van der Waals surface area (Å²) in [6.07, 6.45) is 3.89. The normalized spacial score (nSPS) is 18.9. The number of rotatable bonds is 6. The Bertz CT molecular complexity index is 407. The maximum atomic E-state index is 12.5. The molecule has 126 valence electrons. The Labute approximate surface area is 132 Å². The van der Waals surface area contributed by atoms with Gasteiger partial charge in [0.15, 0.2) is 0 Å². The molecule has 0 bridgehead atoms. The van der Waals surface area contributed by atoms with Gasteiger partial charge in [0.25, 0.3) is 0 Å². The van der Waals surface area contributed by atoms with E-state index in [0.29, 0.717) is 19.5 Å². The molecule has 2 amide bonds. The summed E-state index contributed by atoms with van der Waals surface area (Å²) in [6.45, 7) is 6.49. The number of amides is 2. The molecule has 1 aliphatic rings. The van der Waals surface area contributed by atoms with Crippen LogP contribution in [0.15, 0.2) is 0 Å². The molecule has 1 atom stereocenters. The highest BCUT2D eigenvalue weighted by molar-refractivity contribution is 5.80. The molecular formula is C16H28N2O4. The first-order valence-corrected chi connectivity index (χ1v) is 8.18. The number of carbonyl (C=O) groups is 3. The molecule has 1 rings (SSSR count). The third kappa shape index (κ3) is 5.00. The van der Waals surface area contributed by atoms with Crippen LogP contribution in [0.3, 0.4) is 0 Å². The Kier molecular flexibility index (Phi) is 7.35. The maximum Gasteiger partial charge on any atom is 0.323 e. The van der Waals surface area contributed by atoms with Gasteiger partial charge in [-0.2, -0.15) is 0 Å². The second-order valence-electron chi connectivity index (χ2n) is 5.96. The summed E-state index contributed by atoms with van der Waals surface area (Å²) in [4.78, 5) is 38.4. The number of carbonyl (C=O) groups excluding carboxylic acids is 2. The van der Waals surface area contributed by atoms with Crippen molar-refractivity contribution in [1.82, 2.24) is 9.80 Å². The van der Waals surface area contributed by atoms with Gasteiger partial charge in [0.1, 0.15) is 6.54 Å². The fourth-order valence-corrected chi connectivity index (χ4v) is 3.15. The molecule has 22 heavy (non-hydrogen) atoms. The van der Waals surface area contributed by atoms with Crippen molar-refractivity contribution in [1.29, 1.82) is 0 Å². The minimum atomic E-state index is -0.996. The number of carboxylic acids is 1. The zero-order valence-corrected chi connectivity index (χ0v) is 13.9. The number of likely N-dealkylation sites (tertiary alicyclic amines) is 1. The van der Waals surface area contributed by atoms with Crippen molar-refractivity contribution in [2.75, 3.05) is 19.6 Å². The van der Waals surface area contributed by atoms with Crippen LogP contribution in [0.4, 0.5) is 0 Å². The lowest BCUT2D eigenvalue weighted by Gasteiger charge is -2.29. The third-order valence-corrected chi connectivity index (χ3v) is 4.49. The molecule has 0 radical (unpaired) electrons. The molecule has 0 aromatic heterocycles. The van der Waals surface area contributed by atoms with Crippen LogP contribution in [0.5, 0.6) is 0 Å². The Balaban J connectivity index is 2.69. The minimum absolute atomic E-state index is 0.0690. The Morgan fingerprint density at radius 1 is 1.18 bits per heavy atom. The molecule has 6 heteroatoms. The van der Waals surface area contributed by atoms with Crippen molar-refractivity contribution >= 4 is 17.8 Å². The molecule has 6 nitrogen and oxygen atoms in total. The number of carboxylic acid groups (broad SMARTS) is 1. The summed E-state index contributed by atoms with van der Waals surface area (Å²) in [5.41, 5.74) is 0. The van der Waals surface area contributed by atoms with E-state index in [1.165, 1.54) is 11.8 Å². The smallest absolute Gasteiger partial charge is 0.323 e. The van der Waals surface area contributed by atoms with E-state index in [-0.39, 0.29) is 30.3 Å². The highest BCUT2D eigenvalue weighted by Gasteiger charge is 2.29. The molecule has 1 fully saturated rings. The topological polar surface area (TPSA) is 77.9 Å². The van der Waals surface area contributed by atoms with Crippen molar-refractivity contribution in [2.24, 2.45) is 5.92 Å². The van der Waals surface area contributed by atoms with Gasteiger partial charge in [-0.1, -0.05) is 13.8 Å². The molecule has 0 spiro atoms. The molecule has 1 unspecified atom stereocenters. The van der Waals surface area contributed by atoms with Gasteiger partial charge in [-0.25, -0.2) is 0 Å². The van der Waals surface area contributed by atoms with E-state index in [2.05, 4.69) is 0 Å². The van der Waals surface area contributed by atoms with Gasteiger partial charge in [0.05, 0.1) is 0 Å². The van der Waals surface area contributed by atoms with E-state index in [0.717, 1.165) is 25.7 Å². The summed E-state index contributed by atoms with van der Waals surface area (Å²) in [7, 11) is 0. The highest BCUT2D eigenvalue weighted by Crippen LogP contribution is 2.20. The van der Waals surface area contributed by atoms with Gasteiger partial charge in [-0.05, 0) is 32.1 Å². The zero-order valence-electron chi connectivity index (χ0n) is 13.9. The van der Waals surface area contributed by atoms with E-state index in [1.807, 2.05) is 18.7 Å². The first kappa shape index (κ1) is 18.5. The summed E-state index contributed by atoms with van der Waals surface area (Å²) >= 11 is 0. The molecular weight excluding hydrogens is 284 g/mol. The van der Waals surface area contributed by atoms with Crippen LogP contribution in [0, 0.1) is 5.92 Å². The monoisotopic (exact) mass is 312 g/mol. The molecule has 1 N–H and O–H groups in total. The van der Waals surface area contributed by atoms with Crippen LogP contribution in [0.25, 0.3) is 0 Å². The largest absolute Gasteiger partial charge is 0.480 e. The van der Waals surface area contributed by atoms with Crippen LogP contribution < -0.4 is 0 Å². The summed E-state index contributed by atoms with van der Waals surface area (Å²) < 4.78 is 0. The van der Waals surface area contributed by atoms with E-state index < -0.39 is 5.97 Å². The van der Waals surface area contributed by atoms with Crippen molar-refractivity contribution < 1.29 is 19.5 Å². The molecule has 0 aromatic rings. The quantitative estimate of drug-likeness (QED) is 0.810. The van der Waals surface area contributed by atoms with Gasteiger partial charge < -0.3 is 14.9 Å². The van der Waals surface area contributed by atoms with Gasteiger partial charge in [-0.15, -0.1) is 0 Å². The predicted octanol–water partition coefficient (Wildman–Crippen LogP) is 1.74. The lowest BCUT2D eigenvalue weighted by Crippen LogP contribution is -2.43. The number of hydrogen-bond donors (Lipinski definition) is 1. The number of nitrogens with zero attached hydrogens (tertiary/aromatic N) is 2. The number of aliphatic carboxylic acids is 1. The summed E-state index contributed by atoms with van der Waals surface area (Å²) in [5, 5.41) is 8.95. The van der Waals surface area contributed by atoms with Crippen LogP contribution in [0.2, 0.25) is 0 Å². The molecule has 0 aliphatic carbocycles. The third-order valence-electron chi connectivity index (χ3n) is 4.49. The molecule has 1 heterocycles. The summed E-state index contributed by atoms with van der Waals surface area (Å²) in [6, 6.07) is -0.0897. The fraction of sp³-hybridized carbons (Fsp3) is 0.812. The van der Waals surface area contributed by atoms with Crippen molar-refractivity contribution in [3.63, 3.8) is 0 Å². The molecule has 1 aliphatic heterocycles. The SMILES string of the molecule is CCC(CC)C(=O)N1CCCC(N(CC(=O)O)C(C)=O)CC1. The van der Waals surface area contributed by atoms with Crippen molar-refractivity contribution in [2.45, 2.75) is 58.9 Å². The van der Waals surface area contributed by atoms with Crippen LogP contribution in [-0.4, -0.2) is 58.4 Å². The zero-order chi connectivity index (χ0) is 16.7. The highest BCUT2D eigenvalue weighted by atomic mass is 16.4. The van der Waals surface area contributed by atoms with E-state index in [1.54, 1.807) is 0 Å². The van der Waals surface area contributed by atoms with E-state index >= 15 is 0 Å². The molecule has 0 aromatic carbocycles. The van der Waals surface area contributed by atoms with E-state index in [9.17, 15) is 14.4 Å². The second-order valence-corrected chi connectivity index (χ2v) is 5.96. The average Bonchev–Trinajstić information content (AvgIpc) is 2.71. The van der Waals surface area contributed by atoms with Gasteiger partial charge >= 0.3 is 5.97 Å². The Morgan fingerprint density at radius 3 is 2.32 bits per heavy atom. The van der Waals surface area contributed by atoms with E-state index in [4.69, 9.17) is 5.11 Å². The maximum absolute atomic E-state index is 12.5. The molecule has 1 saturated heterocycles. The first-order valence-electron chi connectivity index (χ1n) is 8.18. The predicted molar refractivity (Wildman–Crippen MR) is 83.3 cm³/mol. The van der Waals surface area contributed by atoms with Gasteiger partial charge in [0, 0.05) is 32.0 Å². The second kappa shape index (κ2) is 8.76. The Hall–Kier alpha value is -1.59. The first-order chi connectivity index (χ1) is 10.4. The van der Waals surface area contributed by atoms with Crippen molar-refractivity contribution in [3.8, 4) is 0 Å². The van der Waals surface area contributed by atoms with Gasteiger partial charge in [0.2, 0.25) is 11.8 Å². The molecule has 0 saturated carbocycles. The van der Waals surface area contributed by atoms with Crippen LogP contribution >= 0.6 is 0 Å². The van der Waals surface area contributed by atoms with Crippen molar-refractivity contribution in [3.05, 3.63) is 0 Å². The van der Waals surface area contributed by atoms with Crippen LogP contribution in [-0.2, 0) is 14.4 Å². The standard InChI is InChI=1S/C16H28N2O4/c1-4-13(5-2)16(22)17-9-6-7-14(8-10-17)18(12(3)19)11-15(20)21/h13-14H,4-11H2,1-3H3,(H,20,21). The number of hydrogen-bond acceptors (Lipinski definition) is 3. The lowest BCUT2D eigenvalue weighted by molar-refractivity contribution is -0.145. The summed E-state index contributed by atoms with van der Waals surface area (Å²) in [5.74, 6) is -0.950. The average molecular weight is 312 g/mol. The minimum Gasteiger partial charge on any atom is -0.480 e. The lowest BCUT2D eigenvalue weighted by atomic mass is 10.0. The Morgan fingerprint density at radius 2 is 1.82 bits per heavy atom. The fourth-order valence-electron chi connectivity index (χ4n) is 3.15.